The summed E-state index contributed by atoms with van der Waals surface area (Å²) in [4.78, 5) is 28.9. The summed E-state index contributed by atoms with van der Waals surface area (Å²) in [6, 6.07) is 17.8. The first-order chi connectivity index (χ1) is 13.1. The molecule has 0 saturated carbocycles. The predicted octanol–water partition coefficient (Wildman–Crippen LogP) is 3.80. The monoisotopic (exact) mass is 428 g/mol. The fourth-order valence-electron chi connectivity index (χ4n) is 3.31. The highest BCUT2D eigenvalue weighted by molar-refractivity contribution is 9.10. The lowest BCUT2D eigenvalue weighted by Crippen LogP contribution is -2.49. The molecule has 1 amide bonds. The average Bonchev–Trinajstić information content (AvgIpc) is 2.72. The summed E-state index contributed by atoms with van der Waals surface area (Å²) < 4.78 is 0.945. The Morgan fingerprint density at radius 1 is 0.852 bits per heavy atom. The number of Topliss-reactive ketones (excluding diaryl/α,β-unsaturated/α-hetero) is 1. The van der Waals surface area contributed by atoms with Crippen molar-refractivity contribution < 1.29 is 9.59 Å². The molecule has 0 atom stereocenters. The summed E-state index contributed by atoms with van der Waals surface area (Å²) in [5.41, 5.74) is 2.01. The van der Waals surface area contributed by atoms with E-state index in [-0.39, 0.29) is 18.1 Å². The van der Waals surface area contributed by atoms with Crippen LogP contribution in [0, 0.1) is 0 Å². The number of piperazine rings is 1. The zero-order valence-corrected chi connectivity index (χ0v) is 17.0. The number of carbonyl (C=O) groups is 2. The maximum Gasteiger partial charge on any atom is 0.223 e. The molecular formula is C22H25BrN2O2. The molecule has 1 aliphatic rings. The summed E-state index contributed by atoms with van der Waals surface area (Å²) in [5.74, 6) is 0.112. The normalized spacial score (nSPS) is 14.9. The van der Waals surface area contributed by atoms with Crippen molar-refractivity contribution in [2.24, 2.45) is 0 Å². The number of ketones is 1. The van der Waals surface area contributed by atoms with E-state index in [2.05, 4.69) is 45.1 Å². The molecule has 0 N–H and O–H groups in total. The van der Waals surface area contributed by atoms with Gasteiger partial charge in [-0.25, -0.2) is 0 Å². The van der Waals surface area contributed by atoms with Gasteiger partial charge in [0.05, 0.1) is 0 Å². The Kier molecular flexibility index (Phi) is 7.18. The number of carbonyl (C=O) groups excluding carboxylic acids is 2. The van der Waals surface area contributed by atoms with Crippen molar-refractivity contribution >= 4 is 27.6 Å². The Morgan fingerprint density at radius 2 is 1.52 bits per heavy atom. The molecule has 0 radical (unpaired) electrons. The second-order valence-electron chi connectivity index (χ2n) is 6.89. The van der Waals surface area contributed by atoms with Crippen molar-refractivity contribution in [3.05, 3.63) is 70.2 Å². The Hall–Kier alpha value is -1.98. The molecule has 2 aromatic carbocycles. The third kappa shape index (κ3) is 6.01. The molecule has 27 heavy (non-hydrogen) atoms. The number of rotatable bonds is 7. The standard InChI is InChI=1S/C22H25BrN2O2/c23-20-8-6-19(7-9-20)21(26)10-11-22(27)25-16-14-24(15-17-25)13-12-18-4-2-1-3-5-18/h1-9H,10-17H2. The first-order valence-corrected chi connectivity index (χ1v) is 10.2. The van der Waals surface area contributed by atoms with E-state index in [0.29, 0.717) is 12.0 Å². The number of hydrogen-bond acceptors (Lipinski definition) is 3. The van der Waals surface area contributed by atoms with E-state index in [1.807, 2.05) is 23.1 Å². The highest BCUT2D eigenvalue weighted by Gasteiger charge is 2.21. The second-order valence-corrected chi connectivity index (χ2v) is 7.80. The molecule has 142 valence electrons. The Labute approximate surface area is 169 Å². The molecule has 5 heteroatoms. The minimum absolute atomic E-state index is 0.0253. The summed E-state index contributed by atoms with van der Waals surface area (Å²) in [7, 11) is 0. The fourth-order valence-corrected chi connectivity index (χ4v) is 3.58. The van der Waals surface area contributed by atoms with Crippen LogP contribution in [-0.2, 0) is 11.2 Å². The van der Waals surface area contributed by atoms with Crippen LogP contribution in [-0.4, -0.2) is 54.2 Å². The molecule has 0 bridgehead atoms. The first kappa shape index (κ1) is 19.8. The Bertz CT molecular complexity index is 754. The van der Waals surface area contributed by atoms with E-state index in [1.165, 1.54) is 5.56 Å². The molecule has 1 saturated heterocycles. The van der Waals surface area contributed by atoms with Crippen molar-refractivity contribution in [2.45, 2.75) is 19.3 Å². The number of halogens is 1. The minimum Gasteiger partial charge on any atom is -0.340 e. The van der Waals surface area contributed by atoms with Gasteiger partial charge in [0.15, 0.2) is 5.78 Å². The summed E-state index contributed by atoms with van der Waals surface area (Å²) in [5, 5.41) is 0. The number of nitrogens with zero attached hydrogens (tertiary/aromatic N) is 2. The van der Waals surface area contributed by atoms with Gasteiger partial charge in [0, 0.05) is 55.6 Å². The Morgan fingerprint density at radius 3 is 2.19 bits per heavy atom. The lowest BCUT2D eigenvalue weighted by molar-refractivity contribution is -0.132. The van der Waals surface area contributed by atoms with Crippen LogP contribution in [0.2, 0.25) is 0 Å². The highest BCUT2D eigenvalue weighted by Crippen LogP contribution is 2.14. The van der Waals surface area contributed by atoms with Crippen molar-refractivity contribution in [1.29, 1.82) is 0 Å². The summed E-state index contributed by atoms with van der Waals surface area (Å²) in [6.45, 7) is 4.33. The molecule has 0 aliphatic carbocycles. The van der Waals surface area contributed by atoms with Gasteiger partial charge in [-0.05, 0) is 24.1 Å². The van der Waals surface area contributed by atoms with Gasteiger partial charge in [-0.2, -0.15) is 0 Å². The van der Waals surface area contributed by atoms with Gasteiger partial charge in [0.25, 0.3) is 0 Å². The molecule has 1 heterocycles. The first-order valence-electron chi connectivity index (χ1n) is 9.44. The van der Waals surface area contributed by atoms with Crippen LogP contribution in [0.3, 0.4) is 0 Å². The van der Waals surface area contributed by atoms with E-state index < -0.39 is 0 Å². The second kappa shape index (κ2) is 9.81. The Balaban J connectivity index is 1.38. The van der Waals surface area contributed by atoms with Crippen LogP contribution in [0.25, 0.3) is 0 Å². The van der Waals surface area contributed by atoms with Gasteiger partial charge < -0.3 is 4.90 Å². The average molecular weight is 429 g/mol. The zero-order chi connectivity index (χ0) is 19.1. The summed E-state index contributed by atoms with van der Waals surface area (Å²) >= 11 is 3.36. The van der Waals surface area contributed by atoms with Crippen LogP contribution in [0.5, 0.6) is 0 Å². The van der Waals surface area contributed by atoms with Gasteiger partial charge in [-0.3, -0.25) is 14.5 Å². The van der Waals surface area contributed by atoms with Gasteiger partial charge in [0.1, 0.15) is 0 Å². The maximum atomic E-state index is 12.4. The third-order valence-electron chi connectivity index (χ3n) is 5.02. The quantitative estimate of drug-likeness (QED) is 0.629. The molecule has 2 aromatic rings. The number of amides is 1. The lowest BCUT2D eigenvalue weighted by Gasteiger charge is -2.34. The lowest BCUT2D eigenvalue weighted by atomic mass is 10.1. The van der Waals surface area contributed by atoms with E-state index >= 15 is 0 Å². The van der Waals surface area contributed by atoms with Crippen molar-refractivity contribution in [3.8, 4) is 0 Å². The van der Waals surface area contributed by atoms with Crippen LogP contribution >= 0.6 is 15.9 Å². The predicted molar refractivity (Wildman–Crippen MR) is 111 cm³/mol. The van der Waals surface area contributed by atoms with Crippen molar-refractivity contribution in [3.63, 3.8) is 0 Å². The van der Waals surface area contributed by atoms with E-state index in [0.717, 1.165) is 43.6 Å². The zero-order valence-electron chi connectivity index (χ0n) is 15.4. The molecule has 0 spiro atoms. The van der Waals surface area contributed by atoms with Crippen molar-refractivity contribution in [1.82, 2.24) is 9.80 Å². The number of hydrogen-bond donors (Lipinski definition) is 0. The fraction of sp³-hybridized carbons (Fsp3) is 0.364. The molecule has 0 aromatic heterocycles. The maximum absolute atomic E-state index is 12.4. The topological polar surface area (TPSA) is 40.6 Å². The van der Waals surface area contributed by atoms with Gasteiger partial charge >= 0.3 is 0 Å². The number of benzene rings is 2. The van der Waals surface area contributed by atoms with E-state index in [1.54, 1.807) is 12.1 Å². The molecule has 0 unspecified atom stereocenters. The van der Waals surface area contributed by atoms with Gasteiger partial charge in [0.2, 0.25) is 5.91 Å². The smallest absolute Gasteiger partial charge is 0.223 e. The minimum atomic E-state index is 0.0253. The van der Waals surface area contributed by atoms with Gasteiger partial charge in [-0.15, -0.1) is 0 Å². The van der Waals surface area contributed by atoms with Crippen LogP contribution in [0.1, 0.15) is 28.8 Å². The molecular weight excluding hydrogens is 404 g/mol. The third-order valence-corrected chi connectivity index (χ3v) is 5.55. The molecule has 1 aliphatic heterocycles. The largest absolute Gasteiger partial charge is 0.340 e. The highest BCUT2D eigenvalue weighted by atomic mass is 79.9. The molecule has 3 rings (SSSR count). The van der Waals surface area contributed by atoms with E-state index in [4.69, 9.17) is 0 Å². The van der Waals surface area contributed by atoms with Crippen LogP contribution in [0.15, 0.2) is 59.1 Å². The van der Waals surface area contributed by atoms with E-state index in [9.17, 15) is 9.59 Å². The van der Waals surface area contributed by atoms with Crippen molar-refractivity contribution in [2.75, 3.05) is 32.7 Å². The SMILES string of the molecule is O=C(CCC(=O)N1CCN(CCc2ccccc2)CC1)c1ccc(Br)cc1. The molecule has 1 fully saturated rings. The van der Waals surface area contributed by atoms with Gasteiger partial charge in [-0.1, -0.05) is 58.4 Å². The van der Waals surface area contributed by atoms with Crippen LogP contribution < -0.4 is 0 Å². The van der Waals surface area contributed by atoms with Crippen LogP contribution in [0.4, 0.5) is 0 Å². The summed E-state index contributed by atoms with van der Waals surface area (Å²) in [6.07, 6.45) is 1.60. The molecule has 4 nitrogen and oxygen atoms in total.